The molecule has 0 saturated carbocycles. The largest absolute Gasteiger partial charge is 0.461 e. The normalized spacial score (nSPS) is 13.8. The van der Waals surface area contributed by atoms with Crippen LogP contribution in [0.3, 0.4) is 0 Å². The molecule has 0 aliphatic carbocycles. The molecular weight excluding hydrogens is 557 g/mol. The van der Waals surface area contributed by atoms with Crippen LogP contribution in [0.5, 0.6) is 0 Å². The zero-order chi connectivity index (χ0) is 20.8. The van der Waals surface area contributed by atoms with Gasteiger partial charge in [0.15, 0.2) is 0 Å². The van der Waals surface area contributed by atoms with Gasteiger partial charge < -0.3 is 0 Å². The van der Waals surface area contributed by atoms with Crippen molar-refractivity contribution in [3.05, 3.63) is 49.0 Å². The first-order valence-corrected chi connectivity index (χ1v) is 10.6. The lowest BCUT2D eigenvalue weighted by atomic mass is 10.1. The molecule has 27 heavy (non-hydrogen) atoms. The third-order valence-electron chi connectivity index (χ3n) is 3.40. The Morgan fingerprint density at radius 3 is 2.07 bits per heavy atom. The standard InChI is InChI=1S/C14H7Br2F7O2S2/c15-7-4-10(16)9(6-8-2-1-3-26-8)11(5-7)27(24,25)14(22,23)12(17,18)13(19,20)21/h1-5H,6H2. The summed E-state index contributed by atoms with van der Waals surface area (Å²) in [6.07, 6.45) is -7.03. The van der Waals surface area contributed by atoms with E-state index in [1.54, 1.807) is 11.4 Å². The van der Waals surface area contributed by atoms with Crippen LogP contribution >= 0.6 is 43.2 Å². The molecule has 0 amide bonds. The van der Waals surface area contributed by atoms with Gasteiger partial charge >= 0.3 is 17.4 Å². The molecule has 0 saturated heterocycles. The first-order chi connectivity index (χ1) is 12.1. The Balaban J connectivity index is 2.72. The monoisotopic (exact) mass is 562 g/mol. The molecule has 0 fully saturated rings. The fraction of sp³-hybridized carbons (Fsp3) is 0.286. The smallest absolute Gasteiger partial charge is 0.217 e. The summed E-state index contributed by atoms with van der Waals surface area (Å²) < 4.78 is 116. The highest BCUT2D eigenvalue weighted by molar-refractivity contribution is 9.11. The summed E-state index contributed by atoms with van der Waals surface area (Å²) in [7, 11) is -6.42. The summed E-state index contributed by atoms with van der Waals surface area (Å²) in [6, 6.07) is 4.94. The van der Waals surface area contributed by atoms with E-state index >= 15 is 0 Å². The second-order valence-corrected chi connectivity index (χ2v) is 9.97. The van der Waals surface area contributed by atoms with Gasteiger partial charge in [0.1, 0.15) is 0 Å². The molecule has 0 radical (unpaired) electrons. The summed E-state index contributed by atoms with van der Waals surface area (Å²) in [5.41, 5.74) is -0.363. The molecule has 1 aromatic heterocycles. The van der Waals surface area contributed by atoms with Crippen LogP contribution < -0.4 is 0 Å². The van der Waals surface area contributed by atoms with E-state index in [1.807, 2.05) is 0 Å². The van der Waals surface area contributed by atoms with Crippen LogP contribution in [-0.2, 0) is 16.3 Å². The molecule has 0 bridgehead atoms. The van der Waals surface area contributed by atoms with Gasteiger partial charge in [0.2, 0.25) is 0 Å². The second kappa shape index (κ2) is 7.30. The molecule has 2 rings (SSSR count). The number of alkyl halides is 7. The minimum atomic E-state index is -6.78. The third-order valence-corrected chi connectivity index (χ3v) is 7.32. The van der Waals surface area contributed by atoms with Crippen molar-refractivity contribution in [1.82, 2.24) is 0 Å². The van der Waals surface area contributed by atoms with Crippen LogP contribution in [0, 0.1) is 0 Å². The number of sulfone groups is 1. The van der Waals surface area contributed by atoms with Gasteiger partial charge in [0.05, 0.1) is 4.90 Å². The summed E-state index contributed by atoms with van der Waals surface area (Å²) >= 11 is 6.90. The van der Waals surface area contributed by atoms with Crippen LogP contribution in [-0.4, -0.2) is 25.8 Å². The van der Waals surface area contributed by atoms with E-state index in [9.17, 15) is 39.2 Å². The number of hydrogen-bond donors (Lipinski definition) is 0. The maximum atomic E-state index is 14.0. The minimum Gasteiger partial charge on any atom is -0.217 e. The number of halogens is 9. The number of rotatable bonds is 5. The van der Waals surface area contributed by atoms with Crippen molar-refractivity contribution in [2.75, 3.05) is 0 Å². The van der Waals surface area contributed by atoms with Gasteiger partial charge in [-0.3, -0.25) is 0 Å². The zero-order valence-corrected chi connectivity index (χ0v) is 17.4. The Bertz CT molecular complexity index is 939. The molecule has 2 nitrogen and oxygen atoms in total. The van der Waals surface area contributed by atoms with Crippen molar-refractivity contribution >= 4 is 53.0 Å². The molecule has 0 aliphatic rings. The first kappa shape index (κ1) is 22.6. The average Bonchev–Trinajstić information content (AvgIpc) is 3.01. The summed E-state index contributed by atoms with van der Waals surface area (Å²) in [4.78, 5) is -0.841. The predicted molar refractivity (Wildman–Crippen MR) is 92.1 cm³/mol. The van der Waals surface area contributed by atoms with E-state index in [0.29, 0.717) is 10.9 Å². The maximum absolute atomic E-state index is 14.0. The molecule has 0 N–H and O–H groups in total. The van der Waals surface area contributed by atoms with E-state index in [0.717, 1.165) is 11.3 Å². The molecular formula is C14H7Br2F7O2S2. The Morgan fingerprint density at radius 1 is 1.00 bits per heavy atom. The molecule has 0 spiro atoms. The van der Waals surface area contributed by atoms with E-state index in [1.165, 1.54) is 12.1 Å². The quantitative estimate of drug-likeness (QED) is 0.393. The summed E-state index contributed by atoms with van der Waals surface area (Å²) in [5.74, 6) is -6.78. The molecule has 150 valence electrons. The van der Waals surface area contributed by atoms with Crippen LogP contribution in [0.2, 0.25) is 0 Å². The minimum absolute atomic E-state index is 0.0463. The predicted octanol–water partition coefficient (Wildman–Crippen LogP) is 6.43. The van der Waals surface area contributed by atoms with Gasteiger partial charge in [-0.15, -0.1) is 11.3 Å². The van der Waals surface area contributed by atoms with Gasteiger partial charge in [0, 0.05) is 20.2 Å². The van der Waals surface area contributed by atoms with Crippen molar-refractivity contribution < 1.29 is 39.2 Å². The molecule has 1 heterocycles. The van der Waals surface area contributed by atoms with Gasteiger partial charge in [0.25, 0.3) is 9.84 Å². The van der Waals surface area contributed by atoms with Crippen LogP contribution in [0.1, 0.15) is 10.4 Å². The first-order valence-electron chi connectivity index (χ1n) is 6.70. The van der Waals surface area contributed by atoms with Gasteiger partial charge in [-0.25, -0.2) is 8.42 Å². The van der Waals surface area contributed by atoms with E-state index in [4.69, 9.17) is 0 Å². The lowest BCUT2D eigenvalue weighted by molar-refractivity contribution is -0.332. The van der Waals surface area contributed by atoms with Crippen LogP contribution in [0.25, 0.3) is 0 Å². The highest BCUT2D eigenvalue weighted by Gasteiger charge is 2.78. The Hall–Kier alpha value is -0.660. The summed E-state index contributed by atoms with van der Waals surface area (Å²) in [5, 5.41) is -4.81. The van der Waals surface area contributed by atoms with Crippen molar-refractivity contribution in [2.45, 2.75) is 28.7 Å². The number of benzene rings is 1. The molecule has 1 aromatic carbocycles. The lowest BCUT2D eigenvalue weighted by Gasteiger charge is -2.28. The van der Waals surface area contributed by atoms with Crippen molar-refractivity contribution in [2.24, 2.45) is 0 Å². The highest BCUT2D eigenvalue weighted by Crippen LogP contribution is 2.51. The summed E-state index contributed by atoms with van der Waals surface area (Å²) in [6.45, 7) is 0. The SMILES string of the molecule is O=S(=O)(c1cc(Br)cc(Br)c1Cc1cccs1)C(F)(F)C(F)(F)C(F)(F)F. The maximum Gasteiger partial charge on any atom is 0.461 e. The lowest BCUT2D eigenvalue weighted by Crippen LogP contribution is -2.56. The van der Waals surface area contributed by atoms with E-state index in [-0.39, 0.29) is 20.9 Å². The Labute approximate surface area is 169 Å². The van der Waals surface area contributed by atoms with Gasteiger partial charge in [-0.05, 0) is 29.1 Å². The Kier molecular flexibility index (Phi) is 6.12. The van der Waals surface area contributed by atoms with Gasteiger partial charge in [-0.2, -0.15) is 30.7 Å². The van der Waals surface area contributed by atoms with E-state index < -0.39 is 32.1 Å². The third kappa shape index (κ3) is 3.92. The number of hydrogen-bond acceptors (Lipinski definition) is 3. The fourth-order valence-electron chi connectivity index (χ4n) is 2.05. The van der Waals surface area contributed by atoms with Gasteiger partial charge in [-0.1, -0.05) is 37.9 Å². The zero-order valence-electron chi connectivity index (χ0n) is 12.6. The number of thiophene rings is 1. The van der Waals surface area contributed by atoms with Crippen molar-refractivity contribution in [1.29, 1.82) is 0 Å². The molecule has 0 atom stereocenters. The van der Waals surface area contributed by atoms with Crippen LogP contribution in [0.4, 0.5) is 30.7 Å². The van der Waals surface area contributed by atoms with Crippen LogP contribution in [0.15, 0.2) is 43.5 Å². The highest BCUT2D eigenvalue weighted by atomic mass is 79.9. The van der Waals surface area contributed by atoms with E-state index in [2.05, 4.69) is 31.9 Å². The molecule has 0 aliphatic heterocycles. The Morgan fingerprint density at radius 2 is 1.59 bits per heavy atom. The topological polar surface area (TPSA) is 34.1 Å². The molecule has 2 aromatic rings. The second-order valence-electron chi connectivity index (χ2n) is 5.21. The molecule has 13 heteroatoms. The molecule has 0 unspecified atom stereocenters. The van der Waals surface area contributed by atoms with Crippen molar-refractivity contribution in [3.63, 3.8) is 0 Å². The average molecular weight is 564 g/mol. The van der Waals surface area contributed by atoms with Crippen molar-refractivity contribution in [3.8, 4) is 0 Å². The fourth-order valence-corrected chi connectivity index (χ4v) is 5.93.